The molecule has 4 heteroatoms. The molecule has 0 spiro atoms. The molecule has 0 unspecified atom stereocenters. The van der Waals surface area contributed by atoms with Crippen LogP contribution in [0.3, 0.4) is 0 Å². The van der Waals surface area contributed by atoms with Crippen LogP contribution in [0.2, 0.25) is 0 Å². The van der Waals surface area contributed by atoms with Gasteiger partial charge in [-0.05, 0) is 31.8 Å². The SMILES string of the molecule is C[C@@H]1c2cc(F)c(F)c3ccn(c23)C[C@H]1N(C)C. The first-order valence-corrected chi connectivity index (χ1v) is 6.14. The molecule has 1 aromatic heterocycles. The number of likely N-dealkylation sites (N-methyl/N-ethyl adjacent to an activating group) is 1. The summed E-state index contributed by atoms with van der Waals surface area (Å²) in [7, 11) is 4.04. The number of aromatic nitrogens is 1. The van der Waals surface area contributed by atoms with Crippen molar-refractivity contribution < 1.29 is 8.78 Å². The zero-order valence-electron chi connectivity index (χ0n) is 10.7. The maximum Gasteiger partial charge on any atom is 0.168 e. The summed E-state index contributed by atoms with van der Waals surface area (Å²) in [4.78, 5) is 2.14. The lowest BCUT2D eigenvalue weighted by Gasteiger charge is -2.35. The van der Waals surface area contributed by atoms with Crippen molar-refractivity contribution in [3.05, 3.63) is 35.5 Å². The van der Waals surface area contributed by atoms with Gasteiger partial charge in [-0.15, -0.1) is 0 Å². The Morgan fingerprint density at radius 2 is 2.06 bits per heavy atom. The third-order valence-corrected chi connectivity index (χ3v) is 4.08. The molecular weight excluding hydrogens is 234 g/mol. The van der Waals surface area contributed by atoms with E-state index in [1.54, 1.807) is 6.07 Å². The van der Waals surface area contributed by atoms with Crippen molar-refractivity contribution in [1.29, 1.82) is 0 Å². The van der Waals surface area contributed by atoms with E-state index in [4.69, 9.17) is 0 Å². The summed E-state index contributed by atoms with van der Waals surface area (Å²) in [6.07, 6.45) is 1.85. The fraction of sp³-hybridized carbons (Fsp3) is 0.429. The third-order valence-electron chi connectivity index (χ3n) is 4.08. The molecule has 0 aliphatic carbocycles. The quantitative estimate of drug-likeness (QED) is 0.755. The van der Waals surface area contributed by atoms with Crippen molar-refractivity contribution in [2.75, 3.05) is 14.1 Å². The molecule has 0 amide bonds. The summed E-state index contributed by atoms with van der Waals surface area (Å²) < 4.78 is 29.4. The van der Waals surface area contributed by atoms with Gasteiger partial charge in [-0.3, -0.25) is 0 Å². The maximum atomic E-state index is 13.7. The fourth-order valence-electron chi connectivity index (χ4n) is 3.04. The van der Waals surface area contributed by atoms with Crippen LogP contribution in [0.5, 0.6) is 0 Å². The zero-order chi connectivity index (χ0) is 13.0. The summed E-state index contributed by atoms with van der Waals surface area (Å²) in [5.41, 5.74) is 1.75. The first-order valence-electron chi connectivity index (χ1n) is 6.14. The van der Waals surface area contributed by atoms with Gasteiger partial charge in [0, 0.05) is 30.1 Å². The summed E-state index contributed by atoms with van der Waals surface area (Å²) in [5, 5.41) is 0.397. The molecule has 2 aromatic rings. The van der Waals surface area contributed by atoms with Crippen molar-refractivity contribution >= 4 is 10.9 Å². The van der Waals surface area contributed by atoms with Crippen molar-refractivity contribution in [3.63, 3.8) is 0 Å². The Morgan fingerprint density at radius 1 is 1.33 bits per heavy atom. The smallest absolute Gasteiger partial charge is 0.168 e. The molecular formula is C14H16F2N2. The lowest BCUT2D eigenvalue weighted by Crippen LogP contribution is -2.39. The highest BCUT2D eigenvalue weighted by molar-refractivity contribution is 5.85. The molecule has 0 bridgehead atoms. The minimum atomic E-state index is -0.749. The molecule has 18 heavy (non-hydrogen) atoms. The largest absolute Gasteiger partial charge is 0.346 e. The third kappa shape index (κ3) is 1.42. The fourth-order valence-corrected chi connectivity index (χ4v) is 3.04. The Bertz CT molecular complexity index is 616. The summed E-state index contributed by atoms with van der Waals surface area (Å²) in [6.45, 7) is 2.89. The number of benzene rings is 1. The van der Waals surface area contributed by atoms with Gasteiger partial charge in [0.15, 0.2) is 11.6 Å². The molecule has 2 nitrogen and oxygen atoms in total. The Morgan fingerprint density at radius 3 is 2.72 bits per heavy atom. The van der Waals surface area contributed by atoms with Crippen LogP contribution in [0.1, 0.15) is 18.4 Å². The van der Waals surface area contributed by atoms with E-state index in [-0.39, 0.29) is 5.92 Å². The molecule has 96 valence electrons. The summed E-state index contributed by atoms with van der Waals surface area (Å²) >= 11 is 0. The number of rotatable bonds is 1. The second-order valence-corrected chi connectivity index (χ2v) is 5.31. The average Bonchev–Trinajstić information content (AvgIpc) is 2.73. The second-order valence-electron chi connectivity index (χ2n) is 5.31. The molecule has 2 heterocycles. The Hall–Kier alpha value is -1.42. The van der Waals surface area contributed by atoms with Gasteiger partial charge in [-0.25, -0.2) is 8.78 Å². The van der Waals surface area contributed by atoms with Crippen LogP contribution in [0, 0.1) is 11.6 Å². The molecule has 0 fully saturated rings. The van der Waals surface area contributed by atoms with Gasteiger partial charge in [-0.1, -0.05) is 6.92 Å². The highest BCUT2D eigenvalue weighted by atomic mass is 19.2. The van der Waals surface area contributed by atoms with Crippen LogP contribution in [0.25, 0.3) is 10.9 Å². The van der Waals surface area contributed by atoms with E-state index in [1.807, 2.05) is 24.9 Å². The van der Waals surface area contributed by atoms with Crippen LogP contribution in [-0.4, -0.2) is 29.6 Å². The van der Waals surface area contributed by atoms with Crippen molar-refractivity contribution in [1.82, 2.24) is 9.47 Å². The lowest BCUT2D eigenvalue weighted by molar-refractivity contribution is 0.228. The summed E-state index contributed by atoms with van der Waals surface area (Å²) in [5.74, 6) is -1.29. The standard InChI is InChI=1S/C14H16F2N2/c1-8-10-6-11(15)13(16)9-4-5-18(14(9)10)7-12(8)17(2)3/h4-6,8,12H,7H2,1-3H3/t8-,12-/m1/s1. The molecule has 0 saturated heterocycles. The minimum Gasteiger partial charge on any atom is -0.346 e. The molecule has 2 atom stereocenters. The monoisotopic (exact) mass is 250 g/mol. The van der Waals surface area contributed by atoms with Crippen molar-refractivity contribution in [3.8, 4) is 0 Å². The Kier molecular flexibility index (Phi) is 2.45. The Labute approximate surface area is 105 Å². The van der Waals surface area contributed by atoms with Gasteiger partial charge < -0.3 is 9.47 Å². The number of hydrogen-bond acceptors (Lipinski definition) is 1. The van der Waals surface area contributed by atoms with E-state index in [0.717, 1.165) is 17.6 Å². The lowest BCUT2D eigenvalue weighted by atomic mass is 9.88. The topological polar surface area (TPSA) is 8.17 Å². The normalized spacial score (nSPS) is 23.0. The first-order chi connectivity index (χ1) is 8.50. The number of nitrogens with zero attached hydrogens (tertiary/aromatic N) is 2. The van der Waals surface area contributed by atoms with Gasteiger partial charge in [0.2, 0.25) is 0 Å². The van der Waals surface area contributed by atoms with Crippen LogP contribution in [0.15, 0.2) is 18.3 Å². The predicted molar refractivity (Wildman–Crippen MR) is 67.7 cm³/mol. The van der Waals surface area contributed by atoms with Crippen molar-refractivity contribution in [2.45, 2.75) is 25.4 Å². The molecule has 1 aromatic carbocycles. The van der Waals surface area contributed by atoms with E-state index >= 15 is 0 Å². The molecule has 0 radical (unpaired) electrons. The Balaban J connectivity index is 2.29. The number of halogens is 2. The summed E-state index contributed by atoms with van der Waals surface area (Å²) in [6, 6.07) is 3.33. The first kappa shape index (κ1) is 11.7. The molecule has 3 rings (SSSR count). The maximum absolute atomic E-state index is 13.7. The van der Waals surface area contributed by atoms with E-state index in [9.17, 15) is 8.78 Å². The predicted octanol–water partition coefficient (Wildman–Crippen LogP) is 2.97. The van der Waals surface area contributed by atoms with E-state index < -0.39 is 11.6 Å². The van der Waals surface area contributed by atoms with Gasteiger partial charge in [-0.2, -0.15) is 0 Å². The average molecular weight is 250 g/mol. The van der Waals surface area contributed by atoms with Gasteiger partial charge in [0.25, 0.3) is 0 Å². The van der Waals surface area contributed by atoms with Crippen molar-refractivity contribution in [2.24, 2.45) is 0 Å². The number of hydrogen-bond donors (Lipinski definition) is 0. The molecule has 0 N–H and O–H groups in total. The van der Waals surface area contributed by atoms with E-state index in [2.05, 4.69) is 11.8 Å². The van der Waals surface area contributed by atoms with E-state index in [1.165, 1.54) is 6.07 Å². The zero-order valence-corrected chi connectivity index (χ0v) is 10.7. The highest BCUT2D eigenvalue weighted by Crippen LogP contribution is 2.37. The van der Waals surface area contributed by atoms with Gasteiger partial charge in [0.05, 0.1) is 5.52 Å². The molecule has 1 aliphatic rings. The molecule has 1 aliphatic heterocycles. The van der Waals surface area contributed by atoms with Crippen LogP contribution >= 0.6 is 0 Å². The second kappa shape index (κ2) is 3.79. The van der Waals surface area contributed by atoms with Crippen LogP contribution in [0.4, 0.5) is 8.78 Å². The minimum absolute atomic E-state index is 0.194. The van der Waals surface area contributed by atoms with Crippen LogP contribution < -0.4 is 0 Å². The van der Waals surface area contributed by atoms with Crippen LogP contribution in [-0.2, 0) is 6.54 Å². The van der Waals surface area contributed by atoms with E-state index in [0.29, 0.717) is 11.4 Å². The highest BCUT2D eigenvalue weighted by Gasteiger charge is 2.30. The van der Waals surface area contributed by atoms with Gasteiger partial charge >= 0.3 is 0 Å². The van der Waals surface area contributed by atoms with Gasteiger partial charge in [0.1, 0.15) is 0 Å². The molecule has 0 saturated carbocycles.